The number of rotatable bonds is 4. The molecular weight excluding hydrogens is 270 g/mol. The van der Waals surface area contributed by atoms with Gasteiger partial charge in [-0.25, -0.2) is 4.98 Å². The van der Waals surface area contributed by atoms with E-state index in [9.17, 15) is 0 Å². The molecule has 20 heavy (non-hydrogen) atoms. The first kappa shape index (κ1) is 12.7. The number of hydrogen-bond acceptors (Lipinski definition) is 4. The van der Waals surface area contributed by atoms with Gasteiger partial charge in [-0.2, -0.15) is 0 Å². The number of benzene rings is 1. The summed E-state index contributed by atoms with van der Waals surface area (Å²) in [5.74, 6) is 1.69. The Morgan fingerprint density at radius 3 is 2.95 bits per heavy atom. The van der Waals surface area contributed by atoms with E-state index >= 15 is 0 Å². The van der Waals surface area contributed by atoms with Crippen molar-refractivity contribution in [1.29, 1.82) is 0 Å². The molecule has 4 nitrogen and oxygen atoms in total. The van der Waals surface area contributed by atoms with Crippen molar-refractivity contribution in [3.63, 3.8) is 0 Å². The van der Waals surface area contributed by atoms with Crippen LogP contribution in [0, 0.1) is 0 Å². The maximum absolute atomic E-state index is 5.95. The lowest BCUT2D eigenvalue weighted by molar-refractivity contribution is 0.417. The number of aromatic nitrogens is 2. The van der Waals surface area contributed by atoms with E-state index in [0.717, 1.165) is 22.8 Å². The summed E-state index contributed by atoms with van der Waals surface area (Å²) in [5.41, 5.74) is 7.73. The summed E-state index contributed by atoms with van der Waals surface area (Å²) >= 11 is 1.69. The lowest BCUT2D eigenvalue weighted by atomic mass is 10.2. The van der Waals surface area contributed by atoms with E-state index in [1.54, 1.807) is 18.4 Å². The van der Waals surface area contributed by atoms with Crippen LogP contribution in [0.15, 0.2) is 48.1 Å². The first-order valence-corrected chi connectivity index (χ1v) is 7.13. The molecule has 0 amide bonds. The van der Waals surface area contributed by atoms with Crippen molar-refractivity contribution >= 4 is 17.0 Å². The van der Waals surface area contributed by atoms with Gasteiger partial charge in [0.2, 0.25) is 0 Å². The van der Waals surface area contributed by atoms with Crippen LogP contribution < -0.4 is 10.5 Å². The second kappa shape index (κ2) is 5.38. The highest BCUT2D eigenvalue weighted by Gasteiger charge is 2.08. The first-order chi connectivity index (χ1) is 9.78. The van der Waals surface area contributed by atoms with Crippen molar-refractivity contribution < 1.29 is 4.74 Å². The zero-order valence-electron chi connectivity index (χ0n) is 11.1. The summed E-state index contributed by atoms with van der Waals surface area (Å²) in [5, 5.41) is 2.06. The average molecular weight is 285 g/mol. The predicted octanol–water partition coefficient (Wildman–Crippen LogP) is 3.25. The Morgan fingerprint density at radius 1 is 1.35 bits per heavy atom. The summed E-state index contributed by atoms with van der Waals surface area (Å²) in [4.78, 5) is 5.59. The molecule has 0 spiro atoms. The van der Waals surface area contributed by atoms with E-state index < -0.39 is 0 Å². The smallest absolute Gasteiger partial charge is 0.150 e. The molecule has 3 aromatic rings. The molecule has 2 heterocycles. The van der Waals surface area contributed by atoms with Gasteiger partial charge in [0.1, 0.15) is 11.6 Å². The normalized spacial score (nSPS) is 10.7. The molecule has 0 aliphatic heterocycles. The van der Waals surface area contributed by atoms with Crippen LogP contribution in [0.25, 0.3) is 10.7 Å². The maximum atomic E-state index is 5.95. The summed E-state index contributed by atoms with van der Waals surface area (Å²) < 4.78 is 7.29. The molecular formula is C15H15N3OS. The second-order valence-electron chi connectivity index (χ2n) is 4.43. The minimum atomic E-state index is 0.655. The molecule has 0 saturated heterocycles. The van der Waals surface area contributed by atoms with Gasteiger partial charge in [-0.15, -0.1) is 11.3 Å². The van der Waals surface area contributed by atoms with Crippen LogP contribution in [0.2, 0.25) is 0 Å². The van der Waals surface area contributed by atoms with Crippen LogP contribution in [-0.4, -0.2) is 16.7 Å². The standard InChI is InChI=1S/C15H15N3OS/c1-19-13-5-4-11(9-12(13)16)10-18-7-6-17-15(18)14-3-2-8-20-14/h2-9H,10,16H2,1H3. The largest absolute Gasteiger partial charge is 0.495 e. The Bertz CT molecular complexity index is 704. The fourth-order valence-corrected chi connectivity index (χ4v) is 2.88. The minimum absolute atomic E-state index is 0.655. The monoisotopic (exact) mass is 285 g/mol. The van der Waals surface area contributed by atoms with Gasteiger partial charge < -0.3 is 15.0 Å². The van der Waals surface area contributed by atoms with Crippen LogP contribution in [0.1, 0.15) is 5.56 Å². The van der Waals surface area contributed by atoms with Gasteiger partial charge in [0.15, 0.2) is 0 Å². The number of nitrogens with two attached hydrogens (primary N) is 1. The highest BCUT2D eigenvalue weighted by Crippen LogP contribution is 2.25. The van der Waals surface area contributed by atoms with Crippen molar-refractivity contribution in [2.45, 2.75) is 6.54 Å². The van der Waals surface area contributed by atoms with Gasteiger partial charge in [0.25, 0.3) is 0 Å². The molecule has 0 atom stereocenters. The van der Waals surface area contributed by atoms with Crippen molar-refractivity contribution in [1.82, 2.24) is 9.55 Å². The number of anilines is 1. The van der Waals surface area contributed by atoms with Crippen molar-refractivity contribution in [2.75, 3.05) is 12.8 Å². The Morgan fingerprint density at radius 2 is 2.25 bits per heavy atom. The molecule has 0 aliphatic carbocycles. The third-order valence-corrected chi connectivity index (χ3v) is 3.97. The van der Waals surface area contributed by atoms with Crippen molar-refractivity contribution in [3.8, 4) is 16.5 Å². The first-order valence-electron chi connectivity index (χ1n) is 6.25. The SMILES string of the molecule is COc1ccc(Cn2ccnc2-c2cccs2)cc1N. The number of thiophene rings is 1. The van der Waals surface area contributed by atoms with E-state index in [1.165, 1.54) is 0 Å². The molecule has 0 fully saturated rings. The molecule has 0 saturated carbocycles. The lowest BCUT2D eigenvalue weighted by Crippen LogP contribution is -2.02. The van der Waals surface area contributed by atoms with Gasteiger partial charge in [-0.05, 0) is 29.1 Å². The Hall–Kier alpha value is -2.27. The predicted molar refractivity (Wildman–Crippen MR) is 82.0 cm³/mol. The average Bonchev–Trinajstić information content (AvgIpc) is 3.09. The third-order valence-electron chi connectivity index (χ3n) is 3.10. The molecule has 2 aromatic heterocycles. The number of ether oxygens (including phenoxy) is 1. The number of nitrogen functional groups attached to an aromatic ring is 1. The number of methoxy groups -OCH3 is 1. The molecule has 5 heteroatoms. The fraction of sp³-hybridized carbons (Fsp3) is 0.133. The van der Waals surface area contributed by atoms with E-state index in [1.807, 2.05) is 36.7 Å². The Balaban J connectivity index is 1.89. The highest BCUT2D eigenvalue weighted by molar-refractivity contribution is 7.13. The topological polar surface area (TPSA) is 53.1 Å². The number of nitrogens with zero attached hydrogens (tertiary/aromatic N) is 2. The maximum Gasteiger partial charge on any atom is 0.150 e. The van der Waals surface area contributed by atoms with E-state index in [2.05, 4.69) is 21.0 Å². The van der Waals surface area contributed by atoms with Gasteiger partial charge in [-0.3, -0.25) is 0 Å². The van der Waals surface area contributed by atoms with Gasteiger partial charge in [-0.1, -0.05) is 12.1 Å². The molecule has 0 radical (unpaired) electrons. The van der Waals surface area contributed by atoms with Crippen LogP contribution in [0.3, 0.4) is 0 Å². The Labute approximate surface area is 121 Å². The van der Waals surface area contributed by atoms with Gasteiger partial charge >= 0.3 is 0 Å². The molecule has 0 bridgehead atoms. The number of imidazole rings is 1. The third kappa shape index (κ3) is 2.40. The minimum Gasteiger partial charge on any atom is -0.495 e. The molecule has 102 valence electrons. The van der Waals surface area contributed by atoms with Crippen LogP contribution >= 0.6 is 11.3 Å². The molecule has 3 rings (SSSR count). The molecule has 0 unspecified atom stereocenters. The van der Waals surface area contributed by atoms with Gasteiger partial charge in [0, 0.05) is 18.9 Å². The zero-order chi connectivity index (χ0) is 13.9. The highest BCUT2D eigenvalue weighted by atomic mass is 32.1. The Kier molecular flexibility index (Phi) is 3.43. The lowest BCUT2D eigenvalue weighted by Gasteiger charge is -2.09. The zero-order valence-corrected chi connectivity index (χ0v) is 11.9. The molecule has 2 N–H and O–H groups in total. The van der Waals surface area contributed by atoms with Crippen LogP contribution in [0.5, 0.6) is 5.75 Å². The van der Waals surface area contributed by atoms with Crippen molar-refractivity contribution in [2.24, 2.45) is 0 Å². The summed E-state index contributed by atoms with van der Waals surface area (Å²) in [7, 11) is 1.62. The molecule has 0 aliphatic rings. The summed E-state index contributed by atoms with van der Waals surface area (Å²) in [6.45, 7) is 0.738. The second-order valence-corrected chi connectivity index (χ2v) is 5.38. The van der Waals surface area contributed by atoms with E-state index in [0.29, 0.717) is 11.4 Å². The molecule has 1 aromatic carbocycles. The van der Waals surface area contributed by atoms with Gasteiger partial charge in [0.05, 0.1) is 17.7 Å². The quantitative estimate of drug-likeness (QED) is 0.749. The summed E-state index contributed by atoms with van der Waals surface area (Å²) in [6, 6.07) is 9.97. The fourth-order valence-electron chi connectivity index (χ4n) is 2.15. The van der Waals surface area contributed by atoms with Crippen LogP contribution in [-0.2, 0) is 6.54 Å². The van der Waals surface area contributed by atoms with E-state index in [4.69, 9.17) is 10.5 Å². The van der Waals surface area contributed by atoms with Crippen LogP contribution in [0.4, 0.5) is 5.69 Å². The number of hydrogen-bond donors (Lipinski definition) is 1. The van der Waals surface area contributed by atoms with E-state index in [-0.39, 0.29) is 0 Å². The van der Waals surface area contributed by atoms with Crippen molar-refractivity contribution in [3.05, 3.63) is 53.7 Å². The summed E-state index contributed by atoms with van der Waals surface area (Å²) in [6.07, 6.45) is 3.80.